The Balaban J connectivity index is 1.72. The molecule has 8 nitrogen and oxygen atoms in total. The quantitative estimate of drug-likeness (QED) is 0.792. The van der Waals surface area contributed by atoms with Crippen LogP contribution in [-0.2, 0) is 7.05 Å². The molecular weight excluding hydrogens is 282 g/mol. The molecule has 2 aromatic heterocycles. The van der Waals surface area contributed by atoms with E-state index in [0.29, 0.717) is 24.7 Å². The molecule has 8 heteroatoms. The predicted octanol–water partition coefficient (Wildman–Crippen LogP) is 0.264. The molecule has 3 heterocycles. The van der Waals surface area contributed by atoms with Crippen LogP contribution in [0.5, 0.6) is 0 Å². The Morgan fingerprint density at radius 3 is 2.73 bits per heavy atom. The lowest BCUT2D eigenvalue weighted by Gasteiger charge is -2.40. The van der Waals surface area contributed by atoms with Crippen molar-refractivity contribution in [2.45, 2.75) is 19.9 Å². The second-order valence-electron chi connectivity index (χ2n) is 5.46. The molecule has 1 aliphatic heterocycles. The largest absolute Gasteiger partial charge is 0.349 e. The van der Waals surface area contributed by atoms with E-state index in [0.717, 1.165) is 12.4 Å². The van der Waals surface area contributed by atoms with Gasteiger partial charge in [-0.25, -0.2) is 14.6 Å². The Hall–Kier alpha value is -2.51. The number of carbonyl (C=O) groups excluding carboxylic acids is 1. The summed E-state index contributed by atoms with van der Waals surface area (Å²) in [6.07, 6.45) is 5.09. The van der Waals surface area contributed by atoms with E-state index in [1.54, 1.807) is 32.6 Å². The number of amides is 1. The molecule has 0 aliphatic carbocycles. The molecule has 0 bridgehead atoms. The summed E-state index contributed by atoms with van der Waals surface area (Å²) in [7, 11) is 1.74. The maximum Gasteiger partial charge on any atom is 0.291 e. The van der Waals surface area contributed by atoms with E-state index in [2.05, 4.69) is 31.9 Å². The van der Waals surface area contributed by atoms with Gasteiger partial charge in [0.1, 0.15) is 11.6 Å². The van der Waals surface area contributed by atoms with Crippen LogP contribution in [0.15, 0.2) is 18.6 Å². The van der Waals surface area contributed by atoms with Crippen molar-refractivity contribution in [3.63, 3.8) is 0 Å². The minimum absolute atomic E-state index is 0.0752. The lowest BCUT2D eigenvalue weighted by atomic mass is 10.2. The van der Waals surface area contributed by atoms with E-state index >= 15 is 0 Å². The van der Waals surface area contributed by atoms with Crippen molar-refractivity contribution in [3.8, 4) is 0 Å². The third kappa shape index (κ3) is 2.63. The van der Waals surface area contributed by atoms with E-state index in [1.165, 1.54) is 4.68 Å². The second-order valence-corrected chi connectivity index (χ2v) is 5.46. The summed E-state index contributed by atoms with van der Waals surface area (Å²) in [6, 6.07) is 0.170. The zero-order chi connectivity index (χ0) is 15.7. The van der Waals surface area contributed by atoms with Crippen LogP contribution >= 0.6 is 0 Å². The average Bonchev–Trinajstić information content (AvgIpc) is 2.86. The van der Waals surface area contributed by atoms with E-state index < -0.39 is 0 Å². The smallest absolute Gasteiger partial charge is 0.291 e. The van der Waals surface area contributed by atoms with E-state index in [-0.39, 0.29) is 11.9 Å². The Morgan fingerprint density at radius 2 is 2.14 bits per heavy atom. The Kier molecular flexibility index (Phi) is 3.74. The van der Waals surface area contributed by atoms with Gasteiger partial charge < -0.3 is 9.80 Å². The summed E-state index contributed by atoms with van der Waals surface area (Å²) >= 11 is 0. The molecule has 1 unspecified atom stereocenters. The first kappa shape index (κ1) is 14.4. The Labute approximate surface area is 128 Å². The van der Waals surface area contributed by atoms with Gasteiger partial charge in [-0.15, -0.1) is 0 Å². The molecule has 1 amide bonds. The van der Waals surface area contributed by atoms with Crippen LogP contribution in [-0.4, -0.2) is 61.2 Å². The van der Waals surface area contributed by atoms with Gasteiger partial charge >= 0.3 is 0 Å². The van der Waals surface area contributed by atoms with Crippen LogP contribution < -0.4 is 4.90 Å². The zero-order valence-electron chi connectivity index (χ0n) is 13.0. The molecule has 2 aromatic rings. The standard InChI is InChI=1S/C14H19N7O/c1-10-9-20(14(22)13-17-11(2)18-19(13)3)6-7-21(10)12-8-15-4-5-16-12/h4-5,8,10H,6-7,9H2,1-3H3. The second kappa shape index (κ2) is 5.70. The average molecular weight is 301 g/mol. The molecule has 1 saturated heterocycles. The molecule has 0 N–H and O–H groups in total. The number of hydrogen-bond donors (Lipinski definition) is 0. The number of nitrogens with zero attached hydrogens (tertiary/aromatic N) is 7. The molecule has 0 spiro atoms. The molecule has 0 saturated carbocycles. The highest BCUT2D eigenvalue weighted by molar-refractivity contribution is 5.91. The summed E-state index contributed by atoms with van der Waals surface area (Å²) < 4.78 is 1.54. The highest BCUT2D eigenvalue weighted by Crippen LogP contribution is 2.18. The van der Waals surface area contributed by atoms with Crippen molar-refractivity contribution in [2.24, 2.45) is 7.05 Å². The predicted molar refractivity (Wildman–Crippen MR) is 80.5 cm³/mol. The fourth-order valence-electron chi connectivity index (χ4n) is 2.76. The minimum Gasteiger partial charge on any atom is -0.349 e. The normalized spacial score (nSPS) is 18.6. The molecule has 0 radical (unpaired) electrons. The fourth-order valence-corrected chi connectivity index (χ4v) is 2.76. The molecule has 116 valence electrons. The number of piperazine rings is 1. The van der Waals surface area contributed by atoms with Gasteiger partial charge in [0.2, 0.25) is 5.82 Å². The monoisotopic (exact) mass is 301 g/mol. The van der Waals surface area contributed by atoms with Crippen LogP contribution in [0.25, 0.3) is 0 Å². The van der Waals surface area contributed by atoms with Crippen LogP contribution in [0.4, 0.5) is 5.82 Å². The topological polar surface area (TPSA) is 80.0 Å². The van der Waals surface area contributed by atoms with Crippen LogP contribution in [0.2, 0.25) is 0 Å². The summed E-state index contributed by atoms with van der Waals surface area (Å²) in [6.45, 7) is 5.84. The number of rotatable bonds is 2. The van der Waals surface area contributed by atoms with Crippen molar-refractivity contribution in [3.05, 3.63) is 30.2 Å². The summed E-state index contributed by atoms with van der Waals surface area (Å²) in [5.41, 5.74) is 0. The lowest BCUT2D eigenvalue weighted by Crippen LogP contribution is -2.54. The van der Waals surface area contributed by atoms with Gasteiger partial charge in [0, 0.05) is 45.1 Å². The number of aromatic nitrogens is 5. The maximum absolute atomic E-state index is 12.6. The number of aryl methyl sites for hydroxylation is 2. The van der Waals surface area contributed by atoms with Crippen molar-refractivity contribution in [2.75, 3.05) is 24.5 Å². The van der Waals surface area contributed by atoms with Gasteiger partial charge in [0.15, 0.2) is 0 Å². The van der Waals surface area contributed by atoms with Crippen molar-refractivity contribution in [1.29, 1.82) is 0 Å². The maximum atomic E-state index is 12.6. The van der Waals surface area contributed by atoms with Gasteiger partial charge in [0.05, 0.1) is 6.20 Å². The molecule has 1 aliphatic rings. The third-order valence-corrected chi connectivity index (χ3v) is 3.82. The molecule has 3 rings (SSSR count). The van der Waals surface area contributed by atoms with Crippen LogP contribution in [0.3, 0.4) is 0 Å². The van der Waals surface area contributed by atoms with E-state index in [1.807, 2.05) is 4.90 Å². The van der Waals surface area contributed by atoms with Crippen molar-refractivity contribution in [1.82, 2.24) is 29.6 Å². The van der Waals surface area contributed by atoms with Crippen molar-refractivity contribution < 1.29 is 4.79 Å². The van der Waals surface area contributed by atoms with E-state index in [9.17, 15) is 4.79 Å². The Morgan fingerprint density at radius 1 is 1.32 bits per heavy atom. The molecule has 1 fully saturated rings. The molecule has 0 aromatic carbocycles. The number of anilines is 1. The van der Waals surface area contributed by atoms with Gasteiger partial charge in [-0.1, -0.05) is 0 Å². The van der Waals surface area contributed by atoms with E-state index in [4.69, 9.17) is 0 Å². The summed E-state index contributed by atoms with van der Waals surface area (Å²) in [5, 5.41) is 4.14. The zero-order valence-corrected chi connectivity index (χ0v) is 13.0. The lowest BCUT2D eigenvalue weighted by molar-refractivity contribution is 0.0708. The number of carbonyl (C=O) groups is 1. The first-order valence-corrected chi connectivity index (χ1v) is 7.26. The van der Waals surface area contributed by atoms with Gasteiger partial charge in [0.25, 0.3) is 5.91 Å². The molecule has 1 atom stereocenters. The first-order chi connectivity index (χ1) is 10.6. The van der Waals surface area contributed by atoms with Gasteiger partial charge in [-0.3, -0.25) is 9.78 Å². The van der Waals surface area contributed by atoms with Crippen LogP contribution in [0, 0.1) is 6.92 Å². The Bertz CT molecular complexity index is 669. The third-order valence-electron chi connectivity index (χ3n) is 3.82. The minimum atomic E-state index is -0.0752. The number of hydrogen-bond acceptors (Lipinski definition) is 6. The highest BCUT2D eigenvalue weighted by atomic mass is 16.2. The van der Waals surface area contributed by atoms with Crippen molar-refractivity contribution >= 4 is 11.7 Å². The van der Waals surface area contributed by atoms with Gasteiger partial charge in [-0.2, -0.15) is 5.10 Å². The first-order valence-electron chi connectivity index (χ1n) is 7.26. The highest BCUT2D eigenvalue weighted by Gasteiger charge is 2.30. The SMILES string of the molecule is Cc1nc(C(=O)N2CCN(c3cnccn3)C(C)C2)n(C)n1. The fraction of sp³-hybridized carbons (Fsp3) is 0.500. The van der Waals surface area contributed by atoms with Crippen LogP contribution in [0.1, 0.15) is 23.4 Å². The molecule has 22 heavy (non-hydrogen) atoms. The summed E-state index contributed by atoms with van der Waals surface area (Å²) in [4.78, 5) is 29.2. The summed E-state index contributed by atoms with van der Waals surface area (Å²) in [5.74, 6) is 1.76. The molecular formula is C14H19N7O. The van der Waals surface area contributed by atoms with Gasteiger partial charge in [-0.05, 0) is 13.8 Å².